The highest BCUT2D eigenvalue weighted by molar-refractivity contribution is 8.19. The number of para-hydroxylation sites is 5. The topological polar surface area (TPSA) is 452 Å². The zero-order valence-corrected chi connectivity index (χ0v) is 56.1. The number of hydrogen-bond acceptors (Lipinski definition) is 25. The monoisotopic (exact) mass is 1370 g/mol. The Kier molecular flexibility index (Phi) is 30.9. The van der Waals surface area contributed by atoms with Crippen LogP contribution in [0.3, 0.4) is 0 Å². The van der Waals surface area contributed by atoms with E-state index < -0.39 is 52.3 Å². The number of benzene rings is 7. The van der Waals surface area contributed by atoms with Crippen molar-refractivity contribution in [2.75, 3.05) is 6.61 Å². The van der Waals surface area contributed by atoms with Crippen molar-refractivity contribution in [1.82, 2.24) is 64.6 Å². The third-order valence-electron chi connectivity index (χ3n) is 12.9. The van der Waals surface area contributed by atoms with E-state index in [1.54, 1.807) is 97.1 Å². The molecule has 1 fully saturated rings. The van der Waals surface area contributed by atoms with Gasteiger partial charge in [-0.1, -0.05) is 114 Å². The van der Waals surface area contributed by atoms with Gasteiger partial charge >= 0.3 is 0 Å². The fourth-order valence-electron chi connectivity index (χ4n) is 8.26. The molecule has 514 valence electrons. The van der Waals surface area contributed by atoms with Gasteiger partial charge in [-0.05, 0) is 115 Å². The van der Waals surface area contributed by atoms with Gasteiger partial charge in [0.2, 0.25) is 0 Å². The Balaban J connectivity index is 0.000000209. The highest BCUT2D eigenvalue weighted by atomic mass is 32.3. The summed E-state index contributed by atoms with van der Waals surface area (Å²) in [4.78, 5) is 38.8. The summed E-state index contributed by atoms with van der Waals surface area (Å²) in [7, 11) is -7.43. The Morgan fingerprint density at radius 3 is 1.13 bits per heavy atom. The van der Waals surface area contributed by atoms with Gasteiger partial charge in [-0.3, -0.25) is 0 Å². The molecule has 0 radical (unpaired) electrons. The van der Waals surface area contributed by atoms with Gasteiger partial charge in [0.15, 0.2) is 28.5 Å². The molecule has 7 aromatic carbocycles. The number of hydrogen-bond donors (Lipinski definition) is 13. The SMILES string of the molecule is CC.CC.CC.CC1O[C@H](CO)[C@H](O)[C@H](O)[C@H]1O.Cc1ncnc(-c2ccccc2O)n1.Cc1ncnc(-c2ccccc2O)n1.OS(O)(O)c1ccc2[nH+]n(-c3ccccc3)nc2c1.OS(O)(O)c1ccc2[nH+]n(-c3ccccc3)nc2c1.Oc1ccccc1-c1ncncn1. The molecule has 0 bridgehead atoms. The number of rotatable bonds is 8. The second-order valence-corrected chi connectivity index (χ2v) is 22.4. The summed E-state index contributed by atoms with van der Waals surface area (Å²) in [5.74, 6) is 3.28. The van der Waals surface area contributed by atoms with Crippen LogP contribution in [0.25, 0.3) is 67.6 Å². The van der Waals surface area contributed by atoms with Crippen LogP contribution in [0.5, 0.6) is 17.2 Å². The summed E-state index contributed by atoms with van der Waals surface area (Å²) in [6.45, 7) is 16.8. The van der Waals surface area contributed by atoms with E-state index in [0.29, 0.717) is 56.8 Å². The Bertz CT molecular complexity index is 4060. The maximum absolute atomic E-state index is 9.55. The maximum Gasteiger partial charge on any atom is 0.250 e. The summed E-state index contributed by atoms with van der Waals surface area (Å²) in [5.41, 5.74) is 6.12. The first-order chi connectivity index (χ1) is 46.6. The molecule has 13 rings (SSSR count). The van der Waals surface area contributed by atoms with E-state index in [0.717, 1.165) is 22.4 Å². The summed E-state index contributed by atoms with van der Waals surface area (Å²) >= 11 is 0. The van der Waals surface area contributed by atoms with Crippen LogP contribution in [0, 0.1) is 13.8 Å². The number of phenols is 3. The number of phenolic OH excluding ortho intramolecular Hbond substituents is 3. The van der Waals surface area contributed by atoms with Crippen LogP contribution in [0.1, 0.15) is 60.1 Å². The molecule has 12 aromatic rings. The summed E-state index contributed by atoms with van der Waals surface area (Å²) < 4.78 is 60.4. The van der Waals surface area contributed by atoms with Crippen LogP contribution in [0.15, 0.2) is 205 Å². The van der Waals surface area contributed by atoms with Crippen molar-refractivity contribution >= 4 is 43.8 Å². The van der Waals surface area contributed by atoms with Crippen LogP contribution in [-0.4, -0.2) is 165 Å². The molecule has 97 heavy (non-hydrogen) atoms. The van der Waals surface area contributed by atoms with Gasteiger partial charge in [-0.2, -0.15) is 10.2 Å². The van der Waals surface area contributed by atoms with E-state index in [-0.39, 0.29) is 33.6 Å². The van der Waals surface area contributed by atoms with Crippen molar-refractivity contribution in [1.29, 1.82) is 0 Å². The number of ether oxygens (including phenoxy) is 1. The second-order valence-electron chi connectivity index (χ2n) is 19.4. The number of aliphatic hydroxyl groups is 4. The van der Waals surface area contributed by atoms with Gasteiger partial charge < -0.3 is 67.8 Å². The number of H-pyrrole nitrogens is 2. The lowest BCUT2D eigenvalue weighted by atomic mass is 9.96. The zero-order valence-electron chi connectivity index (χ0n) is 54.4. The van der Waals surface area contributed by atoms with Gasteiger partial charge in [-0.25, -0.2) is 44.9 Å². The molecule has 0 spiro atoms. The number of fused-ring (bicyclic) bond motifs is 2. The number of nitrogens with zero attached hydrogens (tertiary/aromatic N) is 13. The van der Waals surface area contributed by atoms with Crippen LogP contribution in [0.4, 0.5) is 0 Å². The number of aromatic amines is 2. The Morgan fingerprint density at radius 1 is 0.433 bits per heavy atom. The van der Waals surface area contributed by atoms with E-state index in [4.69, 9.17) is 9.84 Å². The molecular formula is C66H81N15O14S2+2. The largest absolute Gasteiger partial charge is 0.507 e. The molecule has 5 aromatic heterocycles. The highest BCUT2D eigenvalue weighted by Crippen LogP contribution is 2.45. The smallest absolute Gasteiger partial charge is 0.250 e. The molecule has 0 aliphatic carbocycles. The van der Waals surface area contributed by atoms with Crippen molar-refractivity contribution in [2.24, 2.45) is 0 Å². The molecule has 29 nitrogen and oxygen atoms in total. The van der Waals surface area contributed by atoms with Gasteiger partial charge in [-0.15, -0.1) is 0 Å². The summed E-state index contributed by atoms with van der Waals surface area (Å²) in [6.07, 6.45) is 0.728. The molecule has 1 aliphatic heterocycles. The molecule has 1 unspecified atom stereocenters. The predicted octanol–water partition coefficient (Wildman–Crippen LogP) is 10.1. The fraction of sp³-hybridized carbons (Fsp3) is 0.227. The summed E-state index contributed by atoms with van der Waals surface area (Å²) in [5, 5.41) is 79.7. The highest BCUT2D eigenvalue weighted by Gasteiger charge is 2.41. The van der Waals surface area contributed by atoms with Gasteiger partial charge in [0.25, 0.3) is 11.0 Å². The molecule has 15 N–H and O–H groups in total. The van der Waals surface area contributed by atoms with Crippen molar-refractivity contribution in [3.8, 4) is 62.8 Å². The Labute approximate surface area is 562 Å². The quantitative estimate of drug-likeness (QED) is 0.0672. The van der Waals surface area contributed by atoms with E-state index in [9.17, 15) is 58.0 Å². The minimum absolute atomic E-state index is 0.0479. The van der Waals surface area contributed by atoms with Gasteiger partial charge in [0.1, 0.15) is 112 Å². The van der Waals surface area contributed by atoms with Crippen LogP contribution in [0.2, 0.25) is 0 Å². The van der Waals surface area contributed by atoms with Crippen LogP contribution < -0.4 is 10.2 Å². The number of nitrogens with one attached hydrogen (secondary N) is 2. The van der Waals surface area contributed by atoms with Crippen molar-refractivity contribution < 1.29 is 78.0 Å². The molecule has 0 amide bonds. The van der Waals surface area contributed by atoms with E-state index >= 15 is 0 Å². The van der Waals surface area contributed by atoms with Gasteiger partial charge in [0, 0.05) is 12.1 Å². The third-order valence-corrected chi connectivity index (χ3v) is 14.7. The fourth-order valence-corrected chi connectivity index (χ4v) is 9.31. The second kappa shape index (κ2) is 38.5. The standard InChI is InChI=1S/2C12H11N3O3S.2C10H9N3O.C9H7N3O.C7H14O5.3C2H6/c2*16-19(17,18)10-6-7-11-12(8-10)14-15(13-11)9-4-2-1-3-5-9;2*1-7-11-6-12-10(13-7)8-4-2-3-5-9(8)14;13-8-4-2-1-3-7(8)9-11-5-10-6-12-9;1-3-5(9)7(11)6(10)4(2-8)12-3;3*1-2/h2*1-8,16-18H;2*2-6,14H,1H3;1-6,13H;3-11H,2H2,1H3;3*1-2H3/p+2/t;;;;;3?,4-,5+,6+,7-;;;/m.....1.../s1. The molecule has 0 saturated carbocycles. The molecular weight excluding hydrogens is 1290 g/mol. The van der Waals surface area contributed by atoms with Crippen molar-refractivity contribution in [3.63, 3.8) is 0 Å². The van der Waals surface area contributed by atoms with Crippen LogP contribution in [-0.2, 0) is 4.74 Å². The van der Waals surface area contributed by atoms with E-state index in [1.165, 1.54) is 49.6 Å². The number of aryl methyl sites for hydroxylation is 2. The molecule has 1 saturated heterocycles. The lowest BCUT2D eigenvalue weighted by Crippen LogP contribution is -2.57. The average molecular weight is 1370 g/mol. The Morgan fingerprint density at radius 2 is 0.784 bits per heavy atom. The van der Waals surface area contributed by atoms with E-state index in [1.807, 2.05) is 120 Å². The number of aliphatic hydroxyl groups excluding tert-OH is 4. The number of aromatic nitrogens is 15. The first-order valence-electron chi connectivity index (χ1n) is 30.1. The molecule has 6 heterocycles. The van der Waals surface area contributed by atoms with Crippen LogP contribution >= 0.6 is 21.7 Å². The first kappa shape index (κ1) is 77.7. The lowest BCUT2D eigenvalue weighted by molar-refractivity contribution is -0.454. The maximum atomic E-state index is 9.55. The molecule has 31 heteroatoms. The molecule has 5 atom stereocenters. The minimum Gasteiger partial charge on any atom is -0.507 e. The first-order valence-corrected chi connectivity index (χ1v) is 33.1. The summed E-state index contributed by atoms with van der Waals surface area (Å²) in [6, 6.07) is 48.9. The zero-order chi connectivity index (χ0) is 71.2. The third kappa shape index (κ3) is 22.9. The predicted molar refractivity (Wildman–Crippen MR) is 366 cm³/mol. The van der Waals surface area contributed by atoms with Crippen molar-refractivity contribution in [2.45, 2.75) is 103 Å². The normalized spacial score (nSPS) is 15.5. The van der Waals surface area contributed by atoms with Crippen molar-refractivity contribution in [3.05, 3.63) is 207 Å². The molecule has 1 aliphatic rings. The Hall–Kier alpha value is -9.97. The lowest BCUT2D eigenvalue weighted by Gasteiger charge is -2.38. The van der Waals surface area contributed by atoms with E-state index in [2.05, 4.69) is 65.3 Å². The van der Waals surface area contributed by atoms with Gasteiger partial charge in [0.05, 0.1) is 49.4 Å². The average Bonchev–Trinajstić information content (AvgIpc) is 1.21. The minimum atomic E-state index is -3.71. The number of aromatic hydroxyl groups is 3.